The van der Waals surface area contributed by atoms with Gasteiger partial charge in [-0.3, -0.25) is 19.4 Å². The highest BCUT2D eigenvalue weighted by atomic mass is 16.2. The molecule has 1 saturated heterocycles. The van der Waals surface area contributed by atoms with Gasteiger partial charge in [-0.05, 0) is 39.7 Å². The molecule has 6 nitrogen and oxygen atoms in total. The van der Waals surface area contributed by atoms with E-state index in [9.17, 15) is 9.59 Å². The summed E-state index contributed by atoms with van der Waals surface area (Å²) in [6, 6.07) is 2.29. The van der Waals surface area contributed by atoms with Crippen molar-refractivity contribution in [1.82, 2.24) is 19.7 Å². The van der Waals surface area contributed by atoms with Crippen molar-refractivity contribution in [2.24, 2.45) is 0 Å². The number of amides is 1. The Balaban J connectivity index is 1.51. The average Bonchev–Trinajstić information content (AvgIpc) is 3.42. The third kappa shape index (κ3) is 4.68. The number of nitrogens with zero attached hydrogens (tertiary/aromatic N) is 3. The van der Waals surface area contributed by atoms with Gasteiger partial charge in [0.2, 0.25) is 5.91 Å². The van der Waals surface area contributed by atoms with Gasteiger partial charge < -0.3 is 9.88 Å². The summed E-state index contributed by atoms with van der Waals surface area (Å²) in [6.45, 7) is 14.2. The van der Waals surface area contributed by atoms with E-state index in [1.54, 1.807) is 0 Å². The van der Waals surface area contributed by atoms with Crippen LogP contribution in [0.2, 0.25) is 0 Å². The fourth-order valence-electron chi connectivity index (χ4n) is 3.81. The van der Waals surface area contributed by atoms with Gasteiger partial charge in [0.05, 0.1) is 12.6 Å². The van der Waals surface area contributed by atoms with Gasteiger partial charge in [0.25, 0.3) is 0 Å². The molecule has 1 saturated carbocycles. The molecule has 2 aliphatic rings. The predicted molar refractivity (Wildman–Crippen MR) is 107 cm³/mol. The SMILES string of the molecule is C=CCn1c(C)cc(C(=O)CN2CCN([C@H](C)C(=O)NC3CC3)CC2)c1C. The van der Waals surface area contributed by atoms with Crippen molar-refractivity contribution in [3.8, 4) is 0 Å². The summed E-state index contributed by atoms with van der Waals surface area (Å²) in [5.41, 5.74) is 2.92. The number of Topliss-reactive ketones (excluding diaryl/α,β-unsaturated/α-hetero) is 1. The van der Waals surface area contributed by atoms with Crippen LogP contribution in [0.5, 0.6) is 0 Å². The Bertz CT molecular complexity index is 712. The number of carbonyl (C=O) groups is 2. The number of allylic oxidation sites excluding steroid dienone is 1. The lowest BCUT2D eigenvalue weighted by molar-refractivity contribution is -0.126. The van der Waals surface area contributed by atoms with Gasteiger partial charge in [-0.15, -0.1) is 6.58 Å². The maximum Gasteiger partial charge on any atom is 0.237 e. The molecule has 0 aromatic carbocycles. The van der Waals surface area contributed by atoms with Gasteiger partial charge in [0, 0.05) is 55.7 Å². The highest BCUT2D eigenvalue weighted by Gasteiger charge is 2.30. The van der Waals surface area contributed by atoms with Crippen LogP contribution in [0.25, 0.3) is 0 Å². The van der Waals surface area contributed by atoms with E-state index in [-0.39, 0.29) is 17.7 Å². The van der Waals surface area contributed by atoms with Gasteiger partial charge in [0.1, 0.15) is 0 Å². The minimum atomic E-state index is -0.0960. The van der Waals surface area contributed by atoms with Crippen LogP contribution in [0.3, 0.4) is 0 Å². The number of piperazine rings is 1. The van der Waals surface area contributed by atoms with E-state index >= 15 is 0 Å². The topological polar surface area (TPSA) is 57.6 Å². The zero-order valence-corrected chi connectivity index (χ0v) is 16.8. The van der Waals surface area contributed by atoms with E-state index in [0.29, 0.717) is 12.6 Å². The molecular formula is C21H32N4O2. The second-order valence-electron chi connectivity index (χ2n) is 7.88. The summed E-state index contributed by atoms with van der Waals surface area (Å²) in [6.07, 6.45) is 4.08. The van der Waals surface area contributed by atoms with Crippen molar-refractivity contribution in [3.63, 3.8) is 0 Å². The van der Waals surface area contributed by atoms with E-state index in [1.165, 1.54) is 0 Å². The maximum atomic E-state index is 12.8. The molecule has 1 atom stereocenters. The van der Waals surface area contributed by atoms with Crippen LogP contribution in [0, 0.1) is 13.8 Å². The van der Waals surface area contributed by atoms with E-state index < -0.39 is 0 Å². The molecule has 148 valence electrons. The lowest BCUT2D eigenvalue weighted by atomic mass is 10.1. The van der Waals surface area contributed by atoms with Gasteiger partial charge in [0.15, 0.2) is 5.78 Å². The zero-order valence-electron chi connectivity index (χ0n) is 16.8. The average molecular weight is 373 g/mol. The number of carbonyl (C=O) groups excluding carboxylic acids is 2. The third-order valence-corrected chi connectivity index (χ3v) is 5.81. The van der Waals surface area contributed by atoms with Crippen LogP contribution in [0.4, 0.5) is 0 Å². The first kappa shape index (κ1) is 19.8. The number of hydrogen-bond acceptors (Lipinski definition) is 4. The summed E-state index contributed by atoms with van der Waals surface area (Å²) < 4.78 is 2.12. The van der Waals surface area contributed by atoms with Gasteiger partial charge in [-0.1, -0.05) is 6.08 Å². The van der Waals surface area contributed by atoms with E-state index in [1.807, 2.05) is 32.9 Å². The highest BCUT2D eigenvalue weighted by molar-refractivity contribution is 5.99. The molecule has 6 heteroatoms. The third-order valence-electron chi connectivity index (χ3n) is 5.81. The molecule has 1 N–H and O–H groups in total. The summed E-state index contributed by atoms with van der Waals surface area (Å²) in [4.78, 5) is 29.4. The van der Waals surface area contributed by atoms with Crippen molar-refractivity contribution < 1.29 is 9.59 Å². The Hall–Kier alpha value is -1.92. The molecule has 0 unspecified atom stereocenters. The van der Waals surface area contributed by atoms with Gasteiger partial charge in [-0.25, -0.2) is 0 Å². The monoisotopic (exact) mass is 372 g/mol. The second kappa shape index (κ2) is 8.40. The van der Waals surface area contributed by atoms with Crippen molar-refractivity contribution in [2.75, 3.05) is 32.7 Å². The van der Waals surface area contributed by atoms with Crippen molar-refractivity contribution in [1.29, 1.82) is 0 Å². The highest BCUT2D eigenvalue weighted by Crippen LogP contribution is 2.20. The first-order chi connectivity index (χ1) is 12.9. The Labute approximate surface area is 162 Å². The summed E-state index contributed by atoms with van der Waals surface area (Å²) >= 11 is 0. The van der Waals surface area contributed by atoms with Crippen LogP contribution in [-0.4, -0.2) is 70.9 Å². The molecule has 2 heterocycles. The number of ketones is 1. The largest absolute Gasteiger partial charge is 0.352 e. The maximum absolute atomic E-state index is 12.8. The van der Waals surface area contributed by atoms with E-state index in [2.05, 4.69) is 26.3 Å². The molecule has 0 radical (unpaired) electrons. The van der Waals surface area contributed by atoms with Crippen LogP contribution in [0.1, 0.15) is 41.5 Å². The Kier molecular flexibility index (Phi) is 6.17. The van der Waals surface area contributed by atoms with Crippen LogP contribution in [-0.2, 0) is 11.3 Å². The van der Waals surface area contributed by atoms with Crippen LogP contribution < -0.4 is 5.32 Å². The minimum Gasteiger partial charge on any atom is -0.352 e. The molecule has 1 amide bonds. The fraction of sp³-hybridized carbons (Fsp3) is 0.619. The first-order valence-electron chi connectivity index (χ1n) is 9.98. The van der Waals surface area contributed by atoms with Crippen molar-refractivity contribution >= 4 is 11.7 Å². The summed E-state index contributed by atoms with van der Waals surface area (Å²) in [5.74, 6) is 0.308. The number of rotatable bonds is 8. The lowest BCUT2D eigenvalue weighted by Crippen LogP contribution is -2.54. The molecular weight excluding hydrogens is 340 g/mol. The predicted octanol–water partition coefficient (Wildman–Crippen LogP) is 1.76. The quantitative estimate of drug-likeness (QED) is 0.558. The van der Waals surface area contributed by atoms with Crippen LogP contribution in [0.15, 0.2) is 18.7 Å². The van der Waals surface area contributed by atoms with Gasteiger partial charge >= 0.3 is 0 Å². The van der Waals surface area contributed by atoms with Gasteiger partial charge in [-0.2, -0.15) is 0 Å². The number of nitrogens with one attached hydrogen (secondary N) is 1. The van der Waals surface area contributed by atoms with Crippen LogP contribution >= 0.6 is 0 Å². The standard InChI is InChI=1S/C21H32N4O2/c1-5-8-25-15(2)13-19(16(25)3)20(26)14-23-9-11-24(12-10-23)17(4)21(27)22-18-6-7-18/h5,13,17-18H,1,6-12,14H2,2-4H3,(H,22,27)/t17-/m1/s1. The van der Waals surface area contributed by atoms with E-state index in [0.717, 1.165) is 62.5 Å². The molecule has 1 aromatic rings. The minimum absolute atomic E-state index is 0.0960. The summed E-state index contributed by atoms with van der Waals surface area (Å²) in [7, 11) is 0. The first-order valence-corrected chi connectivity index (χ1v) is 9.98. The Morgan fingerprint density at radius 3 is 2.52 bits per heavy atom. The molecule has 0 spiro atoms. The normalized spacial score (nSPS) is 19.7. The molecule has 1 aliphatic carbocycles. The fourth-order valence-corrected chi connectivity index (χ4v) is 3.81. The zero-order chi connectivity index (χ0) is 19.6. The Morgan fingerprint density at radius 1 is 1.26 bits per heavy atom. The van der Waals surface area contributed by atoms with Crippen molar-refractivity contribution in [3.05, 3.63) is 35.7 Å². The second-order valence-corrected chi connectivity index (χ2v) is 7.88. The number of hydrogen-bond donors (Lipinski definition) is 1. The number of aryl methyl sites for hydroxylation is 1. The van der Waals surface area contributed by atoms with Crippen molar-refractivity contribution in [2.45, 2.75) is 52.2 Å². The lowest BCUT2D eigenvalue weighted by Gasteiger charge is -2.37. The molecule has 0 bridgehead atoms. The molecule has 3 rings (SSSR count). The summed E-state index contributed by atoms with van der Waals surface area (Å²) in [5, 5.41) is 3.08. The molecule has 27 heavy (non-hydrogen) atoms. The molecule has 1 aliphatic heterocycles. The molecule has 2 fully saturated rings. The Morgan fingerprint density at radius 2 is 1.93 bits per heavy atom. The van der Waals surface area contributed by atoms with E-state index in [4.69, 9.17) is 0 Å². The number of aromatic nitrogens is 1. The molecule has 1 aromatic heterocycles. The smallest absolute Gasteiger partial charge is 0.237 e.